The van der Waals surface area contributed by atoms with Crippen molar-refractivity contribution >= 4 is 17.6 Å². The molecule has 130 valence electrons. The molecule has 1 aliphatic rings. The van der Waals surface area contributed by atoms with E-state index < -0.39 is 5.60 Å². The van der Waals surface area contributed by atoms with Crippen molar-refractivity contribution in [1.29, 1.82) is 0 Å². The number of hydrogen-bond acceptors (Lipinski definition) is 4. The van der Waals surface area contributed by atoms with E-state index in [1.165, 1.54) is 7.11 Å². The van der Waals surface area contributed by atoms with E-state index in [9.17, 15) is 9.59 Å². The first-order valence-electron chi connectivity index (χ1n) is 8.11. The summed E-state index contributed by atoms with van der Waals surface area (Å²) in [5.74, 6) is -0.264. The minimum atomic E-state index is -0.501. The molecule has 0 atom stereocenters. The molecule has 0 aliphatic carbocycles. The second kappa shape index (κ2) is 7.51. The maximum absolute atomic E-state index is 12.3. The molecule has 1 aromatic carbocycles. The van der Waals surface area contributed by atoms with Gasteiger partial charge in [0.05, 0.1) is 13.5 Å². The SMILES string of the molecule is COC(=O)Cc1cccc(C2=CCCN(C(=O)OC(C)(C)C)C2)c1. The summed E-state index contributed by atoms with van der Waals surface area (Å²) in [6, 6.07) is 7.78. The molecule has 24 heavy (non-hydrogen) atoms. The van der Waals surface area contributed by atoms with E-state index >= 15 is 0 Å². The Hall–Kier alpha value is -2.30. The van der Waals surface area contributed by atoms with Crippen LogP contribution in [-0.2, 0) is 20.7 Å². The first-order chi connectivity index (χ1) is 11.3. The maximum Gasteiger partial charge on any atom is 0.410 e. The number of hydrogen-bond donors (Lipinski definition) is 0. The van der Waals surface area contributed by atoms with Crippen LogP contribution in [0.5, 0.6) is 0 Å². The van der Waals surface area contributed by atoms with Crippen LogP contribution in [0, 0.1) is 0 Å². The van der Waals surface area contributed by atoms with Gasteiger partial charge in [-0.05, 0) is 43.9 Å². The topological polar surface area (TPSA) is 55.8 Å². The maximum atomic E-state index is 12.3. The average molecular weight is 331 g/mol. The molecule has 0 N–H and O–H groups in total. The standard InChI is InChI=1S/C19H25NO4/c1-19(2,3)24-18(22)20-10-6-9-16(13-20)15-8-5-7-14(11-15)12-17(21)23-4/h5,7-9,11H,6,10,12-13H2,1-4H3. The van der Waals surface area contributed by atoms with Gasteiger partial charge in [-0.1, -0.05) is 30.3 Å². The summed E-state index contributed by atoms with van der Waals surface area (Å²) in [6.07, 6.45) is 2.88. The number of rotatable bonds is 3. The van der Waals surface area contributed by atoms with Gasteiger partial charge in [-0.15, -0.1) is 0 Å². The number of amides is 1. The van der Waals surface area contributed by atoms with Crippen molar-refractivity contribution in [3.05, 3.63) is 41.5 Å². The van der Waals surface area contributed by atoms with Crippen LogP contribution in [0.4, 0.5) is 4.79 Å². The number of nitrogens with zero attached hydrogens (tertiary/aromatic N) is 1. The smallest absolute Gasteiger partial charge is 0.410 e. The monoisotopic (exact) mass is 331 g/mol. The van der Waals surface area contributed by atoms with E-state index in [4.69, 9.17) is 9.47 Å². The van der Waals surface area contributed by atoms with Gasteiger partial charge in [0.15, 0.2) is 0 Å². The van der Waals surface area contributed by atoms with Gasteiger partial charge in [0.2, 0.25) is 0 Å². The number of methoxy groups -OCH3 is 1. The van der Waals surface area contributed by atoms with Crippen LogP contribution in [0.2, 0.25) is 0 Å². The van der Waals surface area contributed by atoms with E-state index in [0.29, 0.717) is 13.1 Å². The number of carbonyl (C=O) groups is 2. The Labute approximate surface area is 143 Å². The Morgan fingerprint density at radius 3 is 2.67 bits per heavy atom. The van der Waals surface area contributed by atoms with E-state index in [2.05, 4.69) is 6.08 Å². The van der Waals surface area contributed by atoms with Crippen molar-refractivity contribution in [1.82, 2.24) is 4.90 Å². The molecule has 0 fully saturated rings. The third-order valence-electron chi connectivity index (χ3n) is 3.68. The van der Waals surface area contributed by atoms with Crippen molar-refractivity contribution in [2.75, 3.05) is 20.2 Å². The lowest BCUT2D eigenvalue weighted by Crippen LogP contribution is -2.39. The first-order valence-corrected chi connectivity index (χ1v) is 8.11. The van der Waals surface area contributed by atoms with Gasteiger partial charge in [-0.2, -0.15) is 0 Å². The van der Waals surface area contributed by atoms with Crippen molar-refractivity contribution < 1.29 is 19.1 Å². The molecule has 0 bridgehead atoms. The summed E-state index contributed by atoms with van der Waals surface area (Å²) in [4.78, 5) is 25.4. The zero-order valence-corrected chi connectivity index (χ0v) is 14.8. The van der Waals surface area contributed by atoms with Crippen molar-refractivity contribution in [2.24, 2.45) is 0 Å². The predicted octanol–water partition coefficient (Wildman–Crippen LogP) is 3.43. The fraction of sp³-hybridized carbons (Fsp3) is 0.474. The molecule has 0 saturated carbocycles. The van der Waals surface area contributed by atoms with E-state index in [1.54, 1.807) is 4.90 Å². The molecule has 0 spiro atoms. The van der Waals surface area contributed by atoms with Crippen molar-refractivity contribution in [3.63, 3.8) is 0 Å². The van der Waals surface area contributed by atoms with Gasteiger partial charge in [0.25, 0.3) is 0 Å². The zero-order valence-electron chi connectivity index (χ0n) is 14.8. The van der Waals surface area contributed by atoms with Crippen LogP contribution in [-0.4, -0.2) is 42.8 Å². The summed E-state index contributed by atoms with van der Waals surface area (Å²) < 4.78 is 10.2. The molecule has 1 aromatic rings. The van der Waals surface area contributed by atoms with Crippen LogP contribution in [0.1, 0.15) is 38.3 Å². The fourth-order valence-corrected chi connectivity index (χ4v) is 2.56. The van der Waals surface area contributed by atoms with Crippen LogP contribution >= 0.6 is 0 Å². The molecule has 5 heteroatoms. The molecule has 1 heterocycles. The summed E-state index contributed by atoms with van der Waals surface area (Å²) in [7, 11) is 1.38. The lowest BCUT2D eigenvalue weighted by Gasteiger charge is -2.30. The predicted molar refractivity (Wildman–Crippen MR) is 92.6 cm³/mol. The Balaban J connectivity index is 2.09. The Kier molecular flexibility index (Phi) is 5.65. The third kappa shape index (κ3) is 5.11. The molecule has 0 aromatic heterocycles. The van der Waals surface area contributed by atoms with Crippen LogP contribution in [0.25, 0.3) is 5.57 Å². The molecule has 2 rings (SSSR count). The van der Waals surface area contributed by atoms with Gasteiger partial charge in [0.1, 0.15) is 5.60 Å². The first kappa shape index (κ1) is 18.0. The molecule has 0 saturated heterocycles. The van der Waals surface area contributed by atoms with Crippen LogP contribution < -0.4 is 0 Å². The third-order valence-corrected chi connectivity index (χ3v) is 3.68. The number of ether oxygens (including phenoxy) is 2. The average Bonchev–Trinajstić information content (AvgIpc) is 2.53. The molecular formula is C19H25NO4. The fourth-order valence-electron chi connectivity index (χ4n) is 2.56. The highest BCUT2D eigenvalue weighted by atomic mass is 16.6. The minimum Gasteiger partial charge on any atom is -0.469 e. The van der Waals surface area contributed by atoms with Gasteiger partial charge in [-0.25, -0.2) is 4.79 Å². The summed E-state index contributed by atoms with van der Waals surface area (Å²) in [5, 5.41) is 0. The van der Waals surface area contributed by atoms with Gasteiger partial charge >= 0.3 is 12.1 Å². The number of benzene rings is 1. The molecule has 5 nitrogen and oxygen atoms in total. The highest BCUT2D eigenvalue weighted by molar-refractivity contribution is 5.77. The Bertz CT molecular complexity index is 643. The van der Waals surface area contributed by atoms with Crippen molar-refractivity contribution in [2.45, 2.75) is 39.2 Å². The minimum absolute atomic E-state index is 0.243. The highest BCUT2D eigenvalue weighted by Gasteiger charge is 2.24. The second-order valence-corrected chi connectivity index (χ2v) is 6.87. The van der Waals surface area contributed by atoms with Crippen molar-refractivity contribution in [3.8, 4) is 0 Å². The largest absolute Gasteiger partial charge is 0.469 e. The van der Waals surface area contributed by atoms with Gasteiger partial charge in [0, 0.05) is 13.1 Å². The van der Waals surface area contributed by atoms with Crippen LogP contribution in [0.3, 0.4) is 0 Å². The molecule has 0 radical (unpaired) electrons. The summed E-state index contributed by atoms with van der Waals surface area (Å²) in [5.41, 5.74) is 2.48. The quantitative estimate of drug-likeness (QED) is 0.796. The normalized spacial score (nSPS) is 14.8. The van der Waals surface area contributed by atoms with Gasteiger partial charge < -0.3 is 14.4 Å². The molecular weight excluding hydrogens is 306 g/mol. The molecule has 0 unspecified atom stereocenters. The van der Waals surface area contributed by atoms with Crippen LogP contribution in [0.15, 0.2) is 30.3 Å². The molecule has 1 aliphatic heterocycles. The molecule has 1 amide bonds. The highest BCUT2D eigenvalue weighted by Crippen LogP contribution is 2.23. The zero-order chi connectivity index (χ0) is 17.7. The van der Waals surface area contributed by atoms with E-state index in [1.807, 2.05) is 45.0 Å². The van der Waals surface area contributed by atoms with E-state index in [-0.39, 0.29) is 18.5 Å². The Morgan fingerprint density at radius 1 is 1.25 bits per heavy atom. The summed E-state index contributed by atoms with van der Waals surface area (Å²) in [6.45, 7) is 6.75. The second-order valence-electron chi connectivity index (χ2n) is 6.87. The lowest BCUT2D eigenvalue weighted by atomic mass is 9.98. The summed E-state index contributed by atoms with van der Waals surface area (Å²) >= 11 is 0. The van der Waals surface area contributed by atoms with Gasteiger partial charge in [-0.3, -0.25) is 4.79 Å². The lowest BCUT2D eigenvalue weighted by molar-refractivity contribution is -0.139. The Morgan fingerprint density at radius 2 is 2.00 bits per heavy atom. The number of carbonyl (C=O) groups excluding carboxylic acids is 2. The number of esters is 1. The van der Waals surface area contributed by atoms with E-state index in [0.717, 1.165) is 23.1 Å².